The lowest BCUT2D eigenvalue weighted by Crippen LogP contribution is -2.30. The number of benzene rings is 1. The van der Waals surface area contributed by atoms with Crippen molar-refractivity contribution in [3.63, 3.8) is 0 Å². The molecule has 8 heteroatoms. The summed E-state index contributed by atoms with van der Waals surface area (Å²) < 4.78 is 10.5. The van der Waals surface area contributed by atoms with Crippen molar-refractivity contribution in [1.29, 1.82) is 0 Å². The van der Waals surface area contributed by atoms with E-state index in [1.165, 1.54) is 31.0 Å². The average molecular weight is 388 g/mol. The van der Waals surface area contributed by atoms with Crippen LogP contribution in [0.25, 0.3) is 0 Å². The van der Waals surface area contributed by atoms with E-state index in [0.29, 0.717) is 17.2 Å². The Bertz CT molecular complexity index is 781. The van der Waals surface area contributed by atoms with Gasteiger partial charge in [0, 0.05) is 31.5 Å². The summed E-state index contributed by atoms with van der Waals surface area (Å²) in [4.78, 5) is 23.6. The molecule has 2 aromatic rings. The van der Waals surface area contributed by atoms with Crippen molar-refractivity contribution < 1.29 is 14.3 Å². The summed E-state index contributed by atoms with van der Waals surface area (Å²) in [5.74, 6) is 2.22. The number of methoxy groups -OCH3 is 2. The summed E-state index contributed by atoms with van der Waals surface area (Å²) in [6.07, 6.45) is 6.96. The number of anilines is 2. The highest BCUT2D eigenvalue weighted by Gasteiger charge is 2.18. The maximum atomic E-state index is 12.4. The van der Waals surface area contributed by atoms with Gasteiger partial charge in [0.2, 0.25) is 5.91 Å². The van der Waals surface area contributed by atoms with E-state index in [9.17, 15) is 4.79 Å². The molecule has 0 saturated carbocycles. The van der Waals surface area contributed by atoms with E-state index in [1.54, 1.807) is 44.8 Å². The number of hydrogen-bond donors (Lipinski definition) is 1. The standard InChI is InChI=1S/C19H24N4O3S/c1-25-14-6-7-15(16(12-14)26-2)22-17(24)13-27-19-18(20-8-9-21-19)23-10-4-3-5-11-23/h6-9,12H,3-5,10-11,13H2,1-2H3,(H,22,24). The van der Waals surface area contributed by atoms with Crippen molar-refractivity contribution >= 4 is 29.2 Å². The van der Waals surface area contributed by atoms with E-state index in [1.807, 2.05) is 0 Å². The third-order valence-corrected chi connectivity index (χ3v) is 5.29. The monoisotopic (exact) mass is 388 g/mol. The van der Waals surface area contributed by atoms with E-state index in [4.69, 9.17) is 9.47 Å². The van der Waals surface area contributed by atoms with Crippen LogP contribution in [0.1, 0.15) is 19.3 Å². The molecule has 0 unspecified atom stereocenters. The topological polar surface area (TPSA) is 76.6 Å². The second-order valence-corrected chi connectivity index (χ2v) is 7.10. The Balaban J connectivity index is 1.63. The molecule has 3 rings (SSSR count). The molecule has 0 atom stereocenters. The van der Waals surface area contributed by atoms with Gasteiger partial charge in [-0.05, 0) is 31.4 Å². The molecular formula is C19H24N4O3S. The number of nitrogens with one attached hydrogen (secondary N) is 1. The lowest BCUT2D eigenvalue weighted by atomic mass is 10.1. The second-order valence-electron chi connectivity index (χ2n) is 6.14. The lowest BCUT2D eigenvalue weighted by Gasteiger charge is -2.28. The molecule has 0 radical (unpaired) electrons. The number of aromatic nitrogens is 2. The molecule has 1 N–H and O–H groups in total. The summed E-state index contributed by atoms with van der Waals surface area (Å²) in [5, 5.41) is 3.67. The van der Waals surface area contributed by atoms with Crippen LogP contribution in [0.2, 0.25) is 0 Å². The zero-order valence-corrected chi connectivity index (χ0v) is 16.4. The van der Waals surface area contributed by atoms with Crippen LogP contribution in [-0.4, -0.2) is 48.9 Å². The number of amides is 1. The zero-order chi connectivity index (χ0) is 19.1. The summed E-state index contributed by atoms with van der Waals surface area (Å²) >= 11 is 1.40. The van der Waals surface area contributed by atoms with Crippen LogP contribution in [0.5, 0.6) is 11.5 Å². The normalized spacial score (nSPS) is 13.9. The smallest absolute Gasteiger partial charge is 0.234 e. The van der Waals surface area contributed by atoms with E-state index in [2.05, 4.69) is 20.2 Å². The minimum absolute atomic E-state index is 0.126. The number of hydrogen-bond acceptors (Lipinski definition) is 7. The fourth-order valence-electron chi connectivity index (χ4n) is 2.96. The maximum absolute atomic E-state index is 12.4. The van der Waals surface area contributed by atoms with Gasteiger partial charge in [0.25, 0.3) is 0 Å². The van der Waals surface area contributed by atoms with E-state index < -0.39 is 0 Å². The highest BCUT2D eigenvalue weighted by Crippen LogP contribution is 2.30. The first kappa shape index (κ1) is 19.3. The van der Waals surface area contributed by atoms with Gasteiger partial charge in [-0.2, -0.15) is 0 Å². The number of piperidine rings is 1. The van der Waals surface area contributed by atoms with Crippen LogP contribution in [0.15, 0.2) is 35.6 Å². The molecule has 1 aromatic heterocycles. The summed E-state index contributed by atoms with van der Waals surface area (Å²) in [6, 6.07) is 5.28. The predicted molar refractivity (Wildman–Crippen MR) is 107 cm³/mol. The average Bonchev–Trinajstić information content (AvgIpc) is 2.73. The van der Waals surface area contributed by atoms with Crippen molar-refractivity contribution in [2.24, 2.45) is 0 Å². The first-order valence-corrected chi connectivity index (χ1v) is 9.90. The minimum atomic E-state index is -0.126. The van der Waals surface area contributed by atoms with Gasteiger partial charge in [-0.1, -0.05) is 11.8 Å². The molecule has 0 bridgehead atoms. The molecule has 7 nitrogen and oxygen atoms in total. The van der Waals surface area contributed by atoms with Crippen LogP contribution in [0.4, 0.5) is 11.5 Å². The van der Waals surface area contributed by atoms with Crippen molar-refractivity contribution in [1.82, 2.24) is 9.97 Å². The van der Waals surface area contributed by atoms with E-state index >= 15 is 0 Å². The number of carbonyl (C=O) groups excluding carboxylic acids is 1. The Hall–Kier alpha value is -2.48. The largest absolute Gasteiger partial charge is 0.497 e. The molecule has 144 valence electrons. The number of nitrogens with zero attached hydrogens (tertiary/aromatic N) is 3. The predicted octanol–water partition coefficient (Wildman–Crippen LogP) is 3.21. The third kappa shape index (κ3) is 5.03. The van der Waals surface area contributed by atoms with Gasteiger partial charge in [0.15, 0.2) is 5.82 Å². The van der Waals surface area contributed by atoms with Gasteiger partial charge >= 0.3 is 0 Å². The van der Waals surface area contributed by atoms with Crippen molar-refractivity contribution in [2.75, 3.05) is 43.3 Å². The molecule has 1 amide bonds. The molecule has 1 saturated heterocycles. The number of carbonyl (C=O) groups is 1. The molecule has 0 aliphatic carbocycles. The number of ether oxygens (including phenoxy) is 2. The quantitative estimate of drug-likeness (QED) is 0.730. The highest BCUT2D eigenvalue weighted by atomic mass is 32.2. The Morgan fingerprint density at radius 2 is 1.93 bits per heavy atom. The Kier molecular flexibility index (Phi) is 6.75. The fourth-order valence-corrected chi connectivity index (χ4v) is 3.75. The van der Waals surface area contributed by atoms with Crippen molar-refractivity contribution in [3.8, 4) is 11.5 Å². The Morgan fingerprint density at radius 1 is 1.15 bits per heavy atom. The number of thioether (sulfide) groups is 1. The molecule has 1 fully saturated rings. The van der Waals surface area contributed by atoms with Gasteiger partial charge in [0.1, 0.15) is 16.5 Å². The molecule has 27 heavy (non-hydrogen) atoms. The molecule has 0 spiro atoms. The lowest BCUT2D eigenvalue weighted by molar-refractivity contribution is -0.113. The van der Waals surface area contributed by atoms with Crippen molar-refractivity contribution in [2.45, 2.75) is 24.3 Å². The molecule has 1 aromatic carbocycles. The Labute approximate surface area is 163 Å². The summed E-state index contributed by atoms with van der Waals surface area (Å²) in [7, 11) is 3.15. The van der Waals surface area contributed by atoms with Crippen LogP contribution < -0.4 is 19.7 Å². The summed E-state index contributed by atoms with van der Waals surface area (Å²) in [5.41, 5.74) is 0.610. The van der Waals surface area contributed by atoms with Gasteiger partial charge in [-0.25, -0.2) is 9.97 Å². The van der Waals surface area contributed by atoms with Crippen LogP contribution in [-0.2, 0) is 4.79 Å². The van der Waals surface area contributed by atoms with Gasteiger partial charge in [-0.3, -0.25) is 4.79 Å². The zero-order valence-electron chi connectivity index (χ0n) is 15.6. The molecule has 1 aliphatic heterocycles. The van der Waals surface area contributed by atoms with Gasteiger partial charge in [0.05, 0.1) is 25.7 Å². The summed E-state index contributed by atoms with van der Waals surface area (Å²) in [6.45, 7) is 1.98. The van der Waals surface area contributed by atoms with Crippen molar-refractivity contribution in [3.05, 3.63) is 30.6 Å². The highest BCUT2D eigenvalue weighted by molar-refractivity contribution is 8.00. The van der Waals surface area contributed by atoms with Crippen LogP contribution in [0.3, 0.4) is 0 Å². The molecule has 1 aliphatic rings. The SMILES string of the molecule is COc1ccc(NC(=O)CSc2nccnc2N2CCCCC2)c(OC)c1. The molecular weight excluding hydrogens is 364 g/mol. The maximum Gasteiger partial charge on any atom is 0.234 e. The Morgan fingerprint density at radius 3 is 2.67 bits per heavy atom. The first-order chi connectivity index (χ1) is 13.2. The first-order valence-electron chi connectivity index (χ1n) is 8.92. The second kappa shape index (κ2) is 9.45. The van der Waals surface area contributed by atoms with Crippen LogP contribution >= 0.6 is 11.8 Å². The van der Waals surface area contributed by atoms with Gasteiger partial charge in [-0.15, -0.1) is 0 Å². The number of rotatable bonds is 7. The van der Waals surface area contributed by atoms with Gasteiger partial charge < -0.3 is 19.7 Å². The fraction of sp³-hybridized carbons (Fsp3) is 0.421. The minimum Gasteiger partial charge on any atom is -0.497 e. The van der Waals surface area contributed by atoms with Crippen LogP contribution in [0, 0.1) is 0 Å². The third-order valence-electron chi connectivity index (χ3n) is 4.32. The van der Waals surface area contributed by atoms with E-state index in [0.717, 1.165) is 23.9 Å². The molecule has 2 heterocycles. The van der Waals surface area contributed by atoms with E-state index in [-0.39, 0.29) is 11.7 Å².